The summed E-state index contributed by atoms with van der Waals surface area (Å²) in [5.74, 6) is -0.505. The Morgan fingerprint density at radius 3 is 2.74 bits per heavy atom. The summed E-state index contributed by atoms with van der Waals surface area (Å²) in [6.45, 7) is 1.98. The van der Waals surface area contributed by atoms with E-state index in [9.17, 15) is 19.8 Å². The van der Waals surface area contributed by atoms with E-state index in [2.05, 4.69) is 0 Å². The van der Waals surface area contributed by atoms with Gasteiger partial charge in [0.15, 0.2) is 11.5 Å². The van der Waals surface area contributed by atoms with E-state index >= 15 is 0 Å². The van der Waals surface area contributed by atoms with Crippen LogP contribution in [0.2, 0.25) is 0 Å². The van der Waals surface area contributed by atoms with Gasteiger partial charge in [0.25, 0.3) is 11.7 Å². The van der Waals surface area contributed by atoms with Gasteiger partial charge in [0, 0.05) is 12.0 Å². The van der Waals surface area contributed by atoms with E-state index in [0.29, 0.717) is 23.3 Å². The van der Waals surface area contributed by atoms with E-state index in [1.54, 1.807) is 42.5 Å². The third-order valence-corrected chi connectivity index (χ3v) is 6.14. The number of rotatable bonds is 5. The molecular weight excluding hydrogens is 438 g/mol. The second-order valence-electron chi connectivity index (χ2n) is 8.39. The summed E-state index contributed by atoms with van der Waals surface area (Å²) in [5, 5.41) is 21.4. The maximum atomic E-state index is 13.2. The van der Waals surface area contributed by atoms with Gasteiger partial charge in [-0.2, -0.15) is 0 Å². The number of hydrogen-bond acceptors (Lipinski definition) is 7. The number of amides is 1. The predicted molar refractivity (Wildman–Crippen MR) is 121 cm³/mol. The van der Waals surface area contributed by atoms with Gasteiger partial charge in [-0.3, -0.25) is 9.59 Å². The lowest BCUT2D eigenvalue weighted by Crippen LogP contribution is -2.29. The van der Waals surface area contributed by atoms with Gasteiger partial charge in [-0.05, 0) is 60.5 Å². The third-order valence-electron chi connectivity index (χ3n) is 6.14. The molecule has 0 saturated carbocycles. The van der Waals surface area contributed by atoms with E-state index in [1.807, 2.05) is 6.92 Å². The molecule has 2 aromatic carbocycles. The second kappa shape index (κ2) is 8.30. The molecule has 2 aliphatic heterocycles. The highest BCUT2D eigenvalue weighted by Crippen LogP contribution is 2.43. The number of methoxy groups -OCH3 is 1. The summed E-state index contributed by atoms with van der Waals surface area (Å²) in [5.41, 5.74) is 1.80. The lowest BCUT2D eigenvalue weighted by Gasteiger charge is -2.25. The fourth-order valence-electron chi connectivity index (χ4n) is 4.55. The van der Waals surface area contributed by atoms with Gasteiger partial charge in [0.2, 0.25) is 0 Å². The molecule has 0 unspecified atom stereocenters. The third kappa shape index (κ3) is 3.57. The van der Waals surface area contributed by atoms with Crippen molar-refractivity contribution in [2.24, 2.45) is 0 Å². The Labute approximate surface area is 195 Å². The number of furan rings is 1. The maximum absolute atomic E-state index is 13.2. The van der Waals surface area contributed by atoms with Crippen LogP contribution < -0.4 is 9.47 Å². The van der Waals surface area contributed by atoms with Crippen LogP contribution in [0.3, 0.4) is 0 Å². The quantitative estimate of drug-likeness (QED) is 0.336. The molecule has 2 atom stereocenters. The number of carbonyl (C=O) groups excluding carboxylic acids is 2. The molecule has 1 aromatic heterocycles. The standard InChI is InChI=1S/C26H23NO7/c1-14-10-17-11-16(6-8-20(17)34-14)24(29)22-23(15-5-7-19(28)21(12-15)32-2)27(26(31)25(22)30)13-18-4-3-9-33-18/h3-9,11-12,14,23,28-29H,10,13H2,1-2H3/t14-,23-/m0/s1. The molecule has 3 heterocycles. The van der Waals surface area contributed by atoms with Gasteiger partial charge in [-0.15, -0.1) is 0 Å². The summed E-state index contributed by atoms with van der Waals surface area (Å²) in [6, 6.07) is 12.3. The number of aromatic hydroxyl groups is 1. The predicted octanol–water partition coefficient (Wildman–Crippen LogP) is 3.94. The zero-order valence-electron chi connectivity index (χ0n) is 18.6. The van der Waals surface area contributed by atoms with Crippen LogP contribution in [0.1, 0.15) is 35.4 Å². The van der Waals surface area contributed by atoms with Gasteiger partial charge in [-0.25, -0.2) is 0 Å². The number of likely N-dealkylation sites (tertiary alicyclic amines) is 1. The Kier molecular flexibility index (Phi) is 5.28. The first-order valence-corrected chi connectivity index (χ1v) is 10.8. The number of hydrogen-bond donors (Lipinski definition) is 2. The Hall–Kier alpha value is -4.20. The molecule has 8 heteroatoms. The smallest absolute Gasteiger partial charge is 0.296 e. The highest BCUT2D eigenvalue weighted by Gasteiger charge is 2.46. The monoisotopic (exact) mass is 461 g/mol. The molecule has 174 valence electrons. The van der Waals surface area contributed by atoms with Crippen molar-refractivity contribution in [2.75, 3.05) is 7.11 Å². The number of nitrogens with zero attached hydrogens (tertiary/aromatic N) is 1. The number of benzene rings is 2. The number of ketones is 1. The summed E-state index contributed by atoms with van der Waals surface area (Å²) in [6.07, 6.45) is 2.19. The minimum absolute atomic E-state index is 0.0238. The van der Waals surface area contributed by atoms with E-state index < -0.39 is 17.7 Å². The molecule has 2 aliphatic rings. The van der Waals surface area contributed by atoms with Crippen molar-refractivity contribution in [3.8, 4) is 17.2 Å². The number of aliphatic hydroxyl groups is 1. The normalized spacial score (nSPS) is 20.9. The van der Waals surface area contributed by atoms with Crippen molar-refractivity contribution in [1.29, 1.82) is 0 Å². The summed E-state index contributed by atoms with van der Waals surface area (Å²) in [4.78, 5) is 27.7. The van der Waals surface area contributed by atoms with Gasteiger partial charge in [0.1, 0.15) is 23.4 Å². The lowest BCUT2D eigenvalue weighted by molar-refractivity contribution is -0.140. The van der Waals surface area contributed by atoms with Crippen LogP contribution in [0.5, 0.6) is 17.2 Å². The molecular formula is C26H23NO7. The first-order chi connectivity index (χ1) is 16.4. The molecule has 0 radical (unpaired) electrons. The largest absolute Gasteiger partial charge is 0.507 e. The van der Waals surface area contributed by atoms with Crippen molar-refractivity contribution >= 4 is 17.4 Å². The lowest BCUT2D eigenvalue weighted by atomic mass is 9.94. The maximum Gasteiger partial charge on any atom is 0.296 e. The van der Waals surface area contributed by atoms with Crippen LogP contribution in [-0.2, 0) is 22.6 Å². The van der Waals surface area contributed by atoms with Gasteiger partial charge in [0.05, 0.1) is 31.5 Å². The minimum atomic E-state index is -0.914. The molecule has 0 bridgehead atoms. The van der Waals surface area contributed by atoms with Crippen molar-refractivity contribution in [3.05, 3.63) is 82.8 Å². The highest BCUT2D eigenvalue weighted by molar-refractivity contribution is 6.46. The van der Waals surface area contributed by atoms with Crippen molar-refractivity contribution in [1.82, 2.24) is 4.90 Å². The number of phenols is 1. The number of phenolic OH excluding ortho intramolecular Hbond substituents is 1. The Bertz CT molecular complexity index is 1310. The van der Waals surface area contributed by atoms with Gasteiger partial charge < -0.3 is 29.0 Å². The minimum Gasteiger partial charge on any atom is -0.507 e. The van der Waals surface area contributed by atoms with Crippen LogP contribution in [-0.4, -0.2) is 40.0 Å². The van der Waals surface area contributed by atoms with E-state index in [0.717, 1.165) is 11.3 Å². The van der Waals surface area contributed by atoms with Crippen LogP contribution in [0.15, 0.2) is 64.8 Å². The highest BCUT2D eigenvalue weighted by atomic mass is 16.5. The molecule has 5 rings (SSSR count). The molecule has 3 aromatic rings. The molecule has 1 saturated heterocycles. The number of aliphatic hydroxyl groups excluding tert-OH is 1. The number of carbonyl (C=O) groups is 2. The Balaban J connectivity index is 1.65. The summed E-state index contributed by atoms with van der Waals surface area (Å²) < 4.78 is 16.4. The van der Waals surface area contributed by atoms with E-state index in [4.69, 9.17) is 13.9 Å². The fourth-order valence-corrected chi connectivity index (χ4v) is 4.55. The summed E-state index contributed by atoms with van der Waals surface area (Å²) >= 11 is 0. The number of Topliss-reactive ketones (excluding diaryl/α,β-unsaturated/α-hetero) is 1. The zero-order chi connectivity index (χ0) is 24.0. The first-order valence-electron chi connectivity index (χ1n) is 10.8. The van der Waals surface area contributed by atoms with Crippen LogP contribution in [0.4, 0.5) is 0 Å². The first kappa shape index (κ1) is 21.6. The second-order valence-corrected chi connectivity index (χ2v) is 8.39. The molecule has 1 fully saturated rings. The molecule has 0 spiro atoms. The molecule has 8 nitrogen and oxygen atoms in total. The molecule has 1 amide bonds. The Morgan fingerprint density at radius 2 is 2.00 bits per heavy atom. The van der Waals surface area contributed by atoms with Crippen molar-refractivity contribution in [2.45, 2.75) is 32.0 Å². The van der Waals surface area contributed by atoms with Crippen molar-refractivity contribution in [3.63, 3.8) is 0 Å². The number of ether oxygens (including phenoxy) is 2. The Morgan fingerprint density at radius 1 is 1.18 bits per heavy atom. The van der Waals surface area contributed by atoms with Crippen molar-refractivity contribution < 1.29 is 33.7 Å². The van der Waals surface area contributed by atoms with Crippen LogP contribution in [0, 0.1) is 0 Å². The van der Waals surface area contributed by atoms with Gasteiger partial charge >= 0.3 is 0 Å². The average molecular weight is 461 g/mol. The average Bonchev–Trinajstić information content (AvgIpc) is 3.53. The fraction of sp³-hybridized carbons (Fsp3) is 0.231. The molecule has 0 aliphatic carbocycles. The molecule has 34 heavy (non-hydrogen) atoms. The SMILES string of the molecule is COc1cc([C@H]2C(=C(O)c3ccc4c(c3)C[C@H](C)O4)C(=O)C(=O)N2Cc2ccco2)ccc1O. The molecule has 2 N–H and O–H groups in total. The number of fused-ring (bicyclic) bond motifs is 1. The van der Waals surface area contributed by atoms with Gasteiger partial charge in [-0.1, -0.05) is 6.07 Å². The van der Waals surface area contributed by atoms with E-state index in [1.165, 1.54) is 24.3 Å². The summed E-state index contributed by atoms with van der Waals surface area (Å²) in [7, 11) is 1.41. The zero-order valence-corrected chi connectivity index (χ0v) is 18.6. The van der Waals surface area contributed by atoms with Crippen LogP contribution in [0.25, 0.3) is 5.76 Å². The topological polar surface area (TPSA) is 109 Å². The van der Waals surface area contributed by atoms with Crippen LogP contribution >= 0.6 is 0 Å². The van der Waals surface area contributed by atoms with E-state index in [-0.39, 0.29) is 35.5 Å².